The third kappa shape index (κ3) is 5.01. The van der Waals surface area contributed by atoms with Gasteiger partial charge in [0.2, 0.25) is 0 Å². The maximum Gasteiger partial charge on any atom is 0.416 e. The number of benzene rings is 1. The van der Waals surface area contributed by atoms with E-state index in [2.05, 4.69) is 10.4 Å². The van der Waals surface area contributed by atoms with E-state index < -0.39 is 11.7 Å². The molecule has 1 amide bonds. The van der Waals surface area contributed by atoms with Crippen LogP contribution in [0.2, 0.25) is 0 Å². The van der Waals surface area contributed by atoms with Gasteiger partial charge in [0.1, 0.15) is 0 Å². The zero-order chi connectivity index (χ0) is 18.7. The van der Waals surface area contributed by atoms with Gasteiger partial charge in [-0.3, -0.25) is 4.79 Å². The van der Waals surface area contributed by atoms with Crippen LogP contribution < -0.4 is 11.1 Å². The van der Waals surface area contributed by atoms with Gasteiger partial charge in [0.05, 0.1) is 28.7 Å². The Labute approximate surface area is 161 Å². The fourth-order valence-corrected chi connectivity index (χ4v) is 2.87. The summed E-state index contributed by atoms with van der Waals surface area (Å²) >= 11 is 0. The molecule has 1 saturated carbocycles. The van der Waals surface area contributed by atoms with Gasteiger partial charge >= 0.3 is 6.18 Å². The van der Waals surface area contributed by atoms with Crippen LogP contribution in [0.5, 0.6) is 0 Å². The predicted molar refractivity (Wildman–Crippen MR) is 98.4 cm³/mol. The van der Waals surface area contributed by atoms with Crippen molar-refractivity contribution in [3.63, 3.8) is 0 Å². The molecule has 0 unspecified atom stereocenters. The maximum absolute atomic E-state index is 13.0. The van der Waals surface area contributed by atoms with Crippen LogP contribution in [0.4, 0.5) is 13.2 Å². The van der Waals surface area contributed by atoms with Crippen LogP contribution in [0.25, 0.3) is 5.69 Å². The quantitative estimate of drug-likeness (QED) is 0.694. The van der Waals surface area contributed by atoms with Crippen molar-refractivity contribution in [3.8, 4) is 5.69 Å². The molecular weight excluding hydrogens is 381 g/mol. The number of hydrogen-bond acceptors (Lipinski definition) is 3. The zero-order valence-electron chi connectivity index (χ0n) is 14.6. The lowest BCUT2D eigenvalue weighted by Crippen LogP contribution is -2.25. The molecule has 0 radical (unpaired) electrons. The number of rotatable bonds is 7. The van der Waals surface area contributed by atoms with Gasteiger partial charge in [0.15, 0.2) is 0 Å². The van der Waals surface area contributed by atoms with E-state index >= 15 is 0 Å². The third-order valence-corrected chi connectivity index (χ3v) is 4.35. The molecule has 5 nitrogen and oxygen atoms in total. The van der Waals surface area contributed by atoms with Gasteiger partial charge < -0.3 is 11.1 Å². The maximum atomic E-state index is 13.0. The van der Waals surface area contributed by atoms with Crippen molar-refractivity contribution in [2.45, 2.75) is 37.8 Å². The standard InChI is InChI=1S/C18H21F3N4O.ClH/c19-18(20,21)13-4-3-5-14(10-13)25-16(12-6-7-12)15(11-24-25)17(26)23-9-2-1-8-22;/h3-5,10-12H,1-2,6-9,22H2,(H,23,26);1H. The second kappa shape index (κ2) is 8.75. The molecule has 0 aliphatic heterocycles. The average Bonchev–Trinajstić information content (AvgIpc) is 3.36. The first-order valence-corrected chi connectivity index (χ1v) is 8.65. The molecule has 1 aromatic heterocycles. The van der Waals surface area contributed by atoms with Crippen molar-refractivity contribution in [3.05, 3.63) is 47.3 Å². The molecular formula is C18H22ClF3N4O. The number of nitrogens with one attached hydrogen (secondary N) is 1. The molecule has 2 aromatic rings. The molecule has 3 N–H and O–H groups in total. The predicted octanol–water partition coefficient (Wildman–Crippen LogP) is 3.66. The Morgan fingerprint density at radius 2 is 2.04 bits per heavy atom. The van der Waals surface area contributed by atoms with E-state index in [1.54, 1.807) is 6.07 Å². The monoisotopic (exact) mass is 402 g/mol. The minimum atomic E-state index is -4.42. The zero-order valence-corrected chi connectivity index (χ0v) is 15.4. The molecule has 0 atom stereocenters. The summed E-state index contributed by atoms with van der Waals surface area (Å²) in [6.07, 6.45) is 0.413. The number of nitrogens with zero attached hydrogens (tertiary/aromatic N) is 2. The number of unbranched alkanes of at least 4 members (excludes halogenated alkanes) is 1. The first-order chi connectivity index (χ1) is 12.4. The molecule has 3 rings (SSSR count). The Bertz CT molecular complexity index is 787. The summed E-state index contributed by atoms with van der Waals surface area (Å²) in [7, 11) is 0. The number of halogens is 4. The molecule has 27 heavy (non-hydrogen) atoms. The summed E-state index contributed by atoms with van der Waals surface area (Å²) in [6, 6.07) is 5.00. The van der Waals surface area contributed by atoms with Crippen molar-refractivity contribution in [1.82, 2.24) is 15.1 Å². The van der Waals surface area contributed by atoms with Crippen LogP contribution in [-0.4, -0.2) is 28.8 Å². The fourth-order valence-electron chi connectivity index (χ4n) is 2.87. The van der Waals surface area contributed by atoms with Gasteiger partial charge in [-0.2, -0.15) is 18.3 Å². The number of alkyl halides is 3. The fraction of sp³-hybridized carbons (Fsp3) is 0.444. The van der Waals surface area contributed by atoms with Crippen LogP contribution in [0.15, 0.2) is 30.5 Å². The van der Waals surface area contributed by atoms with Gasteiger partial charge in [0, 0.05) is 12.5 Å². The first-order valence-electron chi connectivity index (χ1n) is 8.65. The second-order valence-electron chi connectivity index (χ2n) is 6.43. The summed E-state index contributed by atoms with van der Waals surface area (Å²) in [4.78, 5) is 12.5. The highest BCUT2D eigenvalue weighted by atomic mass is 35.5. The Balaban J connectivity index is 0.00000261. The van der Waals surface area contributed by atoms with E-state index in [-0.39, 0.29) is 24.2 Å². The van der Waals surface area contributed by atoms with Crippen molar-refractivity contribution in [2.24, 2.45) is 5.73 Å². The van der Waals surface area contributed by atoms with E-state index in [0.29, 0.717) is 30.0 Å². The molecule has 1 heterocycles. The Morgan fingerprint density at radius 1 is 1.30 bits per heavy atom. The van der Waals surface area contributed by atoms with Crippen LogP contribution in [0, 0.1) is 0 Å². The molecule has 1 aliphatic rings. The SMILES string of the molecule is Cl.NCCCCNC(=O)c1cnn(-c2cccc(C(F)(F)F)c2)c1C1CC1. The third-order valence-electron chi connectivity index (χ3n) is 4.35. The smallest absolute Gasteiger partial charge is 0.352 e. The lowest BCUT2D eigenvalue weighted by atomic mass is 10.1. The first kappa shape index (κ1) is 21.2. The van der Waals surface area contributed by atoms with Crippen LogP contribution >= 0.6 is 12.4 Å². The van der Waals surface area contributed by atoms with Crippen molar-refractivity contribution in [1.29, 1.82) is 0 Å². The summed E-state index contributed by atoms with van der Waals surface area (Å²) in [5, 5.41) is 7.03. The van der Waals surface area contributed by atoms with Gasteiger partial charge in [0.25, 0.3) is 5.91 Å². The summed E-state index contributed by atoms with van der Waals surface area (Å²) in [6.45, 7) is 1.07. The van der Waals surface area contributed by atoms with Crippen LogP contribution in [0.3, 0.4) is 0 Å². The normalized spacial score (nSPS) is 13.9. The minimum absolute atomic E-state index is 0. The van der Waals surface area contributed by atoms with Crippen LogP contribution in [-0.2, 0) is 6.18 Å². The Hall–Kier alpha value is -2.06. The highest BCUT2D eigenvalue weighted by Gasteiger charge is 2.34. The molecule has 0 spiro atoms. The molecule has 1 aliphatic carbocycles. The Morgan fingerprint density at radius 3 is 2.67 bits per heavy atom. The molecule has 0 saturated heterocycles. The van der Waals surface area contributed by atoms with E-state index in [0.717, 1.165) is 37.8 Å². The lowest BCUT2D eigenvalue weighted by Gasteiger charge is -2.12. The van der Waals surface area contributed by atoms with Gasteiger partial charge in [-0.25, -0.2) is 4.68 Å². The van der Waals surface area contributed by atoms with Gasteiger partial charge in [-0.1, -0.05) is 6.07 Å². The van der Waals surface area contributed by atoms with E-state index in [1.165, 1.54) is 16.9 Å². The highest BCUT2D eigenvalue weighted by molar-refractivity contribution is 5.95. The minimum Gasteiger partial charge on any atom is -0.352 e. The van der Waals surface area contributed by atoms with Crippen molar-refractivity contribution < 1.29 is 18.0 Å². The number of nitrogens with two attached hydrogens (primary N) is 1. The second-order valence-corrected chi connectivity index (χ2v) is 6.43. The topological polar surface area (TPSA) is 72.9 Å². The summed E-state index contributed by atoms with van der Waals surface area (Å²) in [5.41, 5.74) is 6.12. The van der Waals surface area contributed by atoms with E-state index in [1.807, 2.05) is 0 Å². The van der Waals surface area contributed by atoms with Gasteiger partial charge in [-0.15, -0.1) is 12.4 Å². The van der Waals surface area contributed by atoms with E-state index in [4.69, 9.17) is 5.73 Å². The number of aromatic nitrogens is 2. The highest BCUT2D eigenvalue weighted by Crippen LogP contribution is 2.42. The number of hydrogen-bond donors (Lipinski definition) is 2. The Kier molecular flexibility index (Phi) is 6.89. The van der Waals surface area contributed by atoms with Crippen molar-refractivity contribution in [2.75, 3.05) is 13.1 Å². The van der Waals surface area contributed by atoms with Gasteiger partial charge in [-0.05, 0) is 50.4 Å². The number of carbonyl (C=O) groups is 1. The van der Waals surface area contributed by atoms with E-state index in [9.17, 15) is 18.0 Å². The molecule has 148 valence electrons. The number of amides is 1. The lowest BCUT2D eigenvalue weighted by molar-refractivity contribution is -0.137. The molecule has 1 aromatic carbocycles. The molecule has 1 fully saturated rings. The van der Waals surface area contributed by atoms with Crippen LogP contribution in [0.1, 0.15) is 53.2 Å². The van der Waals surface area contributed by atoms with Crippen molar-refractivity contribution >= 4 is 18.3 Å². The number of carbonyl (C=O) groups excluding carboxylic acids is 1. The molecule has 0 bridgehead atoms. The summed E-state index contributed by atoms with van der Waals surface area (Å²) < 4.78 is 40.4. The largest absolute Gasteiger partial charge is 0.416 e. The summed E-state index contributed by atoms with van der Waals surface area (Å²) in [5.74, 6) is -0.0982. The molecule has 9 heteroatoms. The average molecular weight is 403 g/mol.